The molecule has 1 atom stereocenters. The molecule has 0 bridgehead atoms. The lowest BCUT2D eigenvalue weighted by molar-refractivity contribution is -1.11. The number of rotatable bonds is 12. The Morgan fingerprint density at radius 2 is 1.27 bits per heavy atom. The summed E-state index contributed by atoms with van der Waals surface area (Å²) in [7, 11) is 0. The second kappa shape index (κ2) is 10.8. The Labute approximate surface area is 138 Å². The summed E-state index contributed by atoms with van der Waals surface area (Å²) in [5, 5.41) is 0. The van der Waals surface area contributed by atoms with Crippen LogP contribution in [0.3, 0.4) is 0 Å². The highest BCUT2D eigenvalue weighted by molar-refractivity contribution is 5.16. The molecule has 0 aromatic heterocycles. The van der Waals surface area contributed by atoms with E-state index in [2.05, 4.69) is 58.0 Å². The molecule has 0 radical (unpaired) electrons. The van der Waals surface area contributed by atoms with E-state index < -0.39 is 0 Å². The molecule has 0 N–H and O–H groups in total. The van der Waals surface area contributed by atoms with Crippen LogP contribution >= 0.6 is 0 Å². The van der Waals surface area contributed by atoms with Gasteiger partial charge in [-0.15, -0.1) is 0 Å². The summed E-state index contributed by atoms with van der Waals surface area (Å²) in [5.74, 6) is 0. The predicted molar refractivity (Wildman–Crippen MR) is 95.5 cm³/mol. The first-order valence-electron chi connectivity index (χ1n) is 9.26. The zero-order valence-corrected chi connectivity index (χ0v) is 15.2. The van der Waals surface area contributed by atoms with Crippen LogP contribution in [0.4, 0.5) is 0 Å². The lowest BCUT2D eigenvalue weighted by Crippen LogP contribution is -2.50. The van der Waals surface area contributed by atoms with Gasteiger partial charge in [0.15, 0.2) is 0 Å². The van der Waals surface area contributed by atoms with Gasteiger partial charge in [-0.1, -0.05) is 70.4 Å². The zero-order chi connectivity index (χ0) is 16.3. The highest BCUT2D eigenvalue weighted by Crippen LogP contribution is 2.25. The van der Waals surface area contributed by atoms with Gasteiger partial charge in [-0.3, -0.25) is 0 Å². The quantitative estimate of drug-likeness (QED) is 0.345. The van der Waals surface area contributed by atoms with Gasteiger partial charge in [0.1, 0.15) is 25.7 Å². The fourth-order valence-electron chi connectivity index (χ4n) is 2.95. The second-order valence-corrected chi connectivity index (χ2v) is 6.45. The van der Waals surface area contributed by atoms with Gasteiger partial charge in [-0.2, -0.15) is 9.48 Å². The summed E-state index contributed by atoms with van der Waals surface area (Å²) in [4.78, 5) is 6.67. The van der Waals surface area contributed by atoms with Crippen LogP contribution in [0.1, 0.15) is 77.9 Å². The molecular formula is C20H36NO+. The smallest absolute Gasteiger partial charge is 0.139 e. The van der Waals surface area contributed by atoms with E-state index in [4.69, 9.17) is 4.84 Å². The van der Waals surface area contributed by atoms with Crippen LogP contribution in [0.5, 0.6) is 0 Å². The first kappa shape index (κ1) is 19.2. The van der Waals surface area contributed by atoms with Crippen molar-refractivity contribution in [3.63, 3.8) is 0 Å². The Morgan fingerprint density at radius 1 is 0.818 bits per heavy atom. The van der Waals surface area contributed by atoms with Crippen LogP contribution in [0.2, 0.25) is 0 Å². The summed E-state index contributed by atoms with van der Waals surface area (Å²) in [6, 6.07) is 10.6. The van der Waals surface area contributed by atoms with Crippen LogP contribution in [-0.2, 0) is 4.84 Å². The highest BCUT2D eigenvalue weighted by atomic mass is 16.7. The number of unbranched alkanes of at least 4 members (excludes halogenated alkanes) is 3. The van der Waals surface area contributed by atoms with Crippen LogP contribution in [0.15, 0.2) is 30.3 Å². The lowest BCUT2D eigenvalue weighted by Gasteiger charge is -2.38. The average Bonchev–Trinajstić information content (AvgIpc) is 2.56. The molecule has 0 amide bonds. The Balaban J connectivity index is 2.84. The molecular weight excluding hydrogens is 270 g/mol. The molecule has 0 saturated heterocycles. The maximum absolute atomic E-state index is 6.67. The van der Waals surface area contributed by atoms with Crippen LogP contribution in [0, 0.1) is 0 Å². The summed E-state index contributed by atoms with van der Waals surface area (Å²) < 4.78 is 0.839. The number of nitrogens with zero attached hydrogens (tertiary/aromatic N) is 1. The van der Waals surface area contributed by atoms with Crippen molar-refractivity contribution in [1.29, 1.82) is 0 Å². The number of hydrogen-bond acceptors (Lipinski definition) is 1. The van der Waals surface area contributed by atoms with Gasteiger partial charge < -0.3 is 0 Å². The third-order valence-corrected chi connectivity index (χ3v) is 4.41. The van der Waals surface area contributed by atoms with Crippen LogP contribution in [-0.4, -0.2) is 24.3 Å². The van der Waals surface area contributed by atoms with Gasteiger partial charge >= 0.3 is 0 Å². The molecule has 0 heterocycles. The van der Waals surface area contributed by atoms with Crippen molar-refractivity contribution in [2.45, 2.75) is 72.3 Å². The Kier molecular flexibility index (Phi) is 9.42. The van der Waals surface area contributed by atoms with Crippen LogP contribution in [0.25, 0.3) is 0 Å². The molecule has 1 aromatic rings. The summed E-state index contributed by atoms with van der Waals surface area (Å²) in [5.41, 5.74) is 1.29. The minimum atomic E-state index is 0.159. The lowest BCUT2D eigenvalue weighted by atomic mass is 10.1. The fourth-order valence-corrected chi connectivity index (χ4v) is 2.95. The van der Waals surface area contributed by atoms with E-state index in [0.717, 1.165) is 24.3 Å². The molecule has 1 aromatic carbocycles. The van der Waals surface area contributed by atoms with E-state index in [-0.39, 0.29) is 6.10 Å². The molecule has 0 fully saturated rings. The molecule has 0 aliphatic rings. The minimum absolute atomic E-state index is 0.159. The molecule has 2 nitrogen and oxygen atoms in total. The van der Waals surface area contributed by atoms with Gasteiger partial charge in [0.25, 0.3) is 0 Å². The minimum Gasteiger partial charge on any atom is -0.195 e. The Hall–Kier alpha value is -0.860. The highest BCUT2D eigenvalue weighted by Gasteiger charge is 2.31. The van der Waals surface area contributed by atoms with E-state index in [1.54, 1.807) is 0 Å². The van der Waals surface area contributed by atoms with Crippen molar-refractivity contribution in [3.05, 3.63) is 35.9 Å². The number of quaternary nitrogens is 1. The van der Waals surface area contributed by atoms with Crippen molar-refractivity contribution in [2.75, 3.05) is 19.6 Å². The third-order valence-electron chi connectivity index (χ3n) is 4.41. The second-order valence-electron chi connectivity index (χ2n) is 6.45. The standard InChI is InChI=1S/C20H36NO/c1-5-8-16-21(17-9-6-2,18-10-7-3)22-19(4)20-14-12-11-13-15-20/h11-15,19H,5-10,16-18H2,1-4H3/q+1. The number of hydrogen-bond donors (Lipinski definition) is 0. The van der Waals surface area contributed by atoms with Crippen molar-refractivity contribution in [3.8, 4) is 0 Å². The van der Waals surface area contributed by atoms with E-state index >= 15 is 0 Å². The predicted octanol–water partition coefficient (Wildman–Crippen LogP) is 5.90. The molecule has 0 saturated carbocycles. The summed E-state index contributed by atoms with van der Waals surface area (Å²) in [6.07, 6.45) is 7.61. The van der Waals surface area contributed by atoms with E-state index in [0.29, 0.717) is 0 Å². The Bertz CT molecular complexity index is 355. The normalized spacial score (nSPS) is 13.3. The number of benzene rings is 1. The maximum Gasteiger partial charge on any atom is 0.139 e. The Morgan fingerprint density at radius 3 is 1.68 bits per heavy atom. The molecule has 126 valence electrons. The largest absolute Gasteiger partial charge is 0.195 e. The molecule has 22 heavy (non-hydrogen) atoms. The SMILES string of the molecule is CCCC[N+](CCCC)(CCCC)OC(C)c1ccccc1. The van der Waals surface area contributed by atoms with Crippen molar-refractivity contribution < 1.29 is 9.48 Å². The van der Waals surface area contributed by atoms with Crippen molar-refractivity contribution in [2.24, 2.45) is 0 Å². The molecule has 0 spiro atoms. The zero-order valence-electron chi connectivity index (χ0n) is 15.2. The molecule has 0 aliphatic carbocycles. The fraction of sp³-hybridized carbons (Fsp3) is 0.700. The molecule has 2 heteroatoms. The van der Waals surface area contributed by atoms with Gasteiger partial charge in [-0.25, -0.2) is 0 Å². The van der Waals surface area contributed by atoms with Crippen LogP contribution < -0.4 is 0 Å². The van der Waals surface area contributed by atoms with Gasteiger partial charge in [-0.05, 0) is 31.7 Å². The average molecular weight is 307 g/mol. The van der Waals surface area contributed by atoms with Gasteiger partial charge in [0.2, 0.25) is 0 Å². The molecule has 1 rings (SSSR count). The van der Waals surface area contributed by atoms with Crippen molar-refractivity contribution in [1.82, 2.24) is 0 Å². The van der Waals surface area contributed by atoms with E-state index in [9.17, 15) is 0 Å². The molecule has 0 aliphatic heterocycles. The van der Waals surface area contributed by atoms with Gasteiger partial charge in [0, 0.05) is 0 Å². The topological polar surface area (TPSA) is 9.23 Å². The van der Waals surface area contributed by atoms with E-state index in [1.807, 2.05) is 0 Å². The monoisotopic (exact) mass is 306 g/mol. The van der Waals surface area contributed by atoms with Gasteiger partial charge in [0.05, 0.1) is 0 Å². The summed E-state index contributed by atoms with van der Waals surface area (Å²) in [6.45, 7) is 12.5. The first-order valence-corrected chi connectivity index (χ1v) is 9.26. The number of hydroxylamine groups is 3. The van der Waals surface area contributed by atoms with E-state index in [1.165, 1.54) is 44.1 Å². The first-order chi connectivity index (χ1) is 10.7. The third kappa shape index (κ3) is 6.50. The maximum atomic E-state index is 6.67. The molecule has 1 unspecified atom stereocenters. The van der Waals surface area contributed by atoms with Crippen molar-refractivity contribution >= 4 is 0 Å². The summed E-state index contributed by atoms with van der Waals surface area (Å²) >= 11 is 0.